The van der Waals surface area contributed by atoms with E-state index in [0.29, 0.717) is 47.7 Å². The Balaban J connectivity index is 1.28. The van der Waals surface area contributed by atoms with Crippen LogP contribution in [0, 0.1) is 5.82 Å². The minimum Gasteiger partial charge on any atom is -0.489 e. The fraction of sp³-hybridized carbons (Fsp3) is 0.273. The maximum absolute atomic E-state index is 13.0. The van der Waals surface area contributed by atoms with E-state index in [2.05, 4.69) is 10.4 Å². The second kappa shape index (κ2) is 10.2. The molecule has 2 heterocycles. The molecule has 1 aromatic heterocycles. The third kappa shape index (κ3) is 5.91. The Morgan fingerprint density at radius 1 is 1.25 bits per heavy atom. The number of urea groups is 1. The van der Waals surface area contributed by atoms with Crippen LogP contribution in [-0.2, 0) is 11.3 Å². The molecule has 1 aliphatic rings. The number of ether oxygens (including phenoxy) is 2. The molecule has 1 N–H and O–H groups in total. The summed E-state index contributed by atoms with van der Waals surface area (Å²) in [7, 11) is 0. The van der Waals surface area contributed by atoms with Gasteiger partial charge in [0.2, 0.25) is 0 Å². The topological polar surface area (TPSA) is 68.6 Å². The minimum atomic E-state index is -0.289. The van der Waals surface area contributed by atoms with E-state index < -0.39 is 0 Å². The number of morpholine rings is 1. The standard InChI is InChI=1S/C22H21Cl2FN4O3/c23-16-3-6-21(20(24)9-16)32-14-19-13-28(7-8-31-19)22(30)27-18-10-26-29(12-18)11-15-1-4-17(25)5-2-15/h1-6,9-10,12,19H,7-8,11,13-14H2,(H,27,30). The van der Waals surface area contributed by atoms with E-state index in [1.165, 1.54) is 12.1 Å². The van der Waals surface area contributed by atoms with Crippen molar-refractivity contribution in [3.05, 3.63) is 76.3 Å². The number of carbonyl (C=O) groups is 1. The maximum atomic E-state index is 13.0. The van der Waals surface area contributed by atoms with Crippen molar-refractivity contribution >= 4 is 34.9 Å². The Labute approximate surface area is 194 Å². The smallest absolute Gasteiger partial charge is 0.322 e. The minimum absolute atomic E-state index is 0.246. The van der Waals surface area contributed by atoms with Gasteiger partial charge < -0.3 is 19.7 Å². The molecule has 1 unspecified atom stereocenters. The molecule has 1 atom stereocenters. The van der Waals surface area contributed by atoms with Crippen molar-refractivity contribution in [3.63, 3.8) is 0 Å². The lowest BCUT2D eigenvalue weighted by atomic mass is 10.2. The van der Waals surface area contributed by atoms with Crippen LogP contribution in [0.5, 0.6) is 5.75 Å². The number of hydrogen-bond acceptors (Lipinski definition) is 4. The first kappa shape index (κ1) is 22.4. The van der Waals surface area contributed by atoms with Gasteiger partial charge in [-0.25, -0.2) is 9.18 Å². The van der Waals surface area contributed by atoms with E-state index in [1.54, 1.807) is 52.3 Å². The summed E-state index contributed by atoms with van der Waals surface area (Å²) < 4.78 is 26.2. The van der Waals surface area contributed by atoms with Gasteiger partial charge in [0.1, 0.15) is 24.3 Å². The molecule has 168 valence electrons. The summed E-state index contributed by atoms with van der Waals surface area (Å²) in [5, 5.41) is 8.04. The summed E-state index contributed by atoms with van der Waals surface area (Å²) in [5.41, 5.74) is 1.48. The predicted octanol–water partition coefficient (Wildman–Crippen LogP) is 4.69. The van der Waals surface area contributed by atoms with E-state index in [4.69, 9.17) is 32.7 Å². The van der Waals surface area contributed by atoms with Crippen LogP contribution >= 0.6 is 23.2 Å². The van der Waals surface area contributed by atoms with E-state index >= 15 is 0 Å². The first-order valence-electron chi connectivity index (χ1n) is 9.98. The lowest BCUT2D eigenvalue weighted by Crippen LogP contribution is -2.49. The SMILES string of the molecule is O=C(Nc1cnn(Cc2ccc(F)cc2)c1)N1CCOC(COc2ccc(Cl)cc2Cl)C1. The number of hydrogen-bond donors (Lipinski definition) is 1. The number of amides is 2. The van der Waals surface area contributed by atoms with Crippen molar-refractivity contribution in [2.75, 3.05) is 31.6 Å². The molecule has 0 saturated carbocycles. The summed E-state index contributed by atoms with van der Waals surface area (Å²) in [6.07, 6.45) is 3.01. The molecule has 1 aliphatic heterocycles. The highest BCUT2D eigenvalue weighted by molar-refractivity contribution is 6.35. The van der Waals surface area contributed by atoms with Crippen LogP contribution in [0.4, 0.5) is 14.9 Å². The van der Waals surface area contributed by atoms with Crippen molar-refractivity contribution in [2.24, 2.45) is 0 Å². The molecule has 1 fully saturated rings. The molecule has 0 aliphatic carbocycles. The fourth-order valence-corrected chi connectivity index (χ4v) is 3.74. The van der Waals surface area contributed by atoms with Gasteiger partial charge in [-0.1, -0.05) is 35.3 Å². The molecule has 7 nitrogen and oxygen atoms in total. The third-order valence-corrected chi connectivity index (χ3v) is 5.42. The Kier molecular flexibility index (Phi) is 7.14. The Bertz CT molecular complexity index is 1080. The first-order valence-corrected chi connectivity index (χ1v) is 10.7. The fourth-order valence-electron chi connectivity index (χ4n) is 3.27. The maximum Gasteiger partial charge on any atom is 0.322 e. The van der Waals surface area contributed by atoms with Crippen molar-refractivity contribution in [2.45, 2.75) is 12.6 Å². The number of halogens is 3. The number of rotatable bonds is 6. The number of nitrogens with one attached hydrogen (secondary N) is 1. The highest BCUT2D eigenvalue weighted by Gasteiger charge is 2.25. The second-order valence-electron chi connectivity index (χ2n) is 7.31. The number of nitrogens with zero attached hydrogens (tertiary/aromatic N) is 3. The van der Waals surface area contributed by atoms with E-state index in [9.17, 15) is 9.18 Å². The van der Waals surface area contributed by atoms with E-state index in [1.807, 2.05) is 0 Å². The molecule has 0 radical (unpaired) electrons. The van der Waals surface area contributed by atoms with Crippen LogP contribution in [0.15, 0.2) is 54.9 Å². The zero-order valence-corrected chi connectivity index (χ0v) is 18.5. The molecule has 2 amide bonds. The monoisotopic (exact) mass is 478 g/mol. The third-order valence-electron chi connectivity index (χ3n) is 4.89. The second-order valence-corrected chi connectivity index (χ2v) is 8.15. The van der Waals surface area contributed by atoms with Gasteiger partial charge in [-0.2, -0.15) is 5.10 Å². The Hall–Kier alpha value is -2.81. The highest BCUT2D eigenvalue weighted by Crippen LogP contribution is 2.27. The van der Waals surface area contributed by atoms with Crippen molar-refractivity contribution < 1.29 is 18.7 Å². The largest absolute Gasteiger partial charge is 0.489 e. The van der Waals surface area contributed by atoms with Crippen molar-refractivity contribution in [1.82, 2.24) is 14.7 Å². The summed E-state index contributed by atoms with van der Waals surface area (Å²) in [4.78, 5) is 14.4. The Morgan fingerprint density at radius 2 is 2.06 bits per heavy atom. The molecule has 0 bridgehead atoms. The molecular weight excluding hydrogens is 458 g/mol. The first-order chi connectivity index (χ1) is 15.5. The van der Waals surface area contributed by atoms with Gasteiger partial charge in [-0.05, 0) is 35.9 Å². The van der Waals surface area contributed by atoms with Crippen molar-refractivity contribution in [3.8, 4) is 5.75 Å². The van der Waals surface area contributed by atoms with Crippen LogP contribution < -0.4 is 10.1 Å². The number of carbonyl (C=O) groups excluding carboxylic acids is 1. The molecule has 4 rings (SSSR count). The molecule has 10 heteroatoms. The summed E-state index contributed by atoms with van der Waals surface area (Å²) >= 11 is 12.0. The average molecular weight is 479 g/mol. The number of anilines is 1. The quantitative estimate of drug-likeness (QED) is 0.557. The predicted molar refractivity (Wildman–Crippen MR) is 120 cm³/mol. The Morgan fingerprint density at radius 3 is 2.84 bits per heavy atom. The van der Waals surface area contributed by atoms with Crippen LogP contribution in [0.25, 0.3) is 0 Å². The van der Waals surface area contributed by atoms with Crippen LogP contribution in [0.3, 0.4) is 0 Å². The summed E-state index contributed by atoms with van der Waals surface area (Å²) in [6, 6.07) is 11.0. The zero-order chi connectivity index (χ0) is 22.5. The van der Waals surface area contributed by atoms with Gasteiger partial charge in [-0.15, -0.1) is 0 Å². The van der Waals surface area contributed by atoms with Crippen LogP contribution in [-0.4, -0.2) is 53.1 Å². The van der Waals surface area contributed by atoms with Crippen LogP contribution in [0.2, 0.25) is 10.0 Å². The van der Waals surface area contributed by atoms with Gasteiger partial charge in [0.15, 0.2) is 0 Å². The van der Waals surface area contributed by atoms with Gasteiger partial charge in [0.25, 0.3) is 0 Å². The van der Waals surface area contributed by atoms with E-state index in [0.717, 1.165) is 5.56 Å². The number of aromatic nitrogens is 2. The average Bonchev–Trinajstić information content (AvgIpc) is 3.21. The van der Waals surface area contributed by atoms with Gasteiger partial charge in [0.05, 0.1) is 36.6 Å². The van der Waals surface area contributed by atoms with E-state index in [-0.39, 0.29) is 24.6 Å². The summed E-state index contributed by atoms with van der Waals surface area (Å²) in [5.74, 6) is 0.224. The van der Waals surface area contributed by atoms with Gasteiger partial charge in [-0.3, -0.25) is 4.68 Å². The number of benzene rings is 2. The van der Waals surface area contributed by atoms with Gasteiger partial charge in [0, 0.05) is 17.8 Å². The molecule has 32 heavy (non-hydrogen) atoms. The normalized spacial score (nSPS) is 16.1. The van der Waals surface area contributed by atoms with Crippen molar-refractivity contribution in [1.29, 1.82) is 0 Å². The zero-order valence-electron chi connectivity index (χ0n) is 17.0. The molecule has 2 aromatic carbocycles. The lowest BCUT2D eigenvalue weighted by Gasteiger charge is -2.32. The molecular formula is C22H21Cl2FN4O3. The molecule has 0 spiro atoms. The van der Waals surface area contributed by atoms with Crippen LogP contribution in [0.1, 0.15) is 5.56 Å². The summed E-state index contributed by atoms with van der Waals surface area (Å²) in [6.45, 7) is 1.97. The highest BCUT2D eigenvalue weighted by atomic mass is 35.5. The van der Waals surface area contributed by atoms with Gasteiger partial charge >= 0.3 is 6.03 Å². The lowest BCUT2D eigenvalue weighted by molar-refractivity contribution is -0.0336. The molecule has 3 aromatic rings. The molecule has 1 saturated heterocycles.